The zero-order valence-corrected chi connectivity index (χ0v) is 17.7. The summed E-state index contributed by atoms with van der Waals surface area (Å²) in [6, 6.07) is 2.02. The van der Waals surface area contributed by atoms with E-state index in [0.29, 0.717) is 11.7 Å². The molecule has 1 unspecified atom stereocenters. The molecule has 0 bridgehead atoms. The number of thiophene rings is 1. The van der Waals surface area contributed by atoms with E-state index in [2.05, 4.69) is 20.8 Å². The van der Waals surface area contributed by atoms with Crippen molar-refractivity contribution in [1.29, 1.82) is 0 Å². The minimum Gasteiger partial charge on any atom is -0.369 e. The fourth-order valence-electron chi connectivity index (χ4n) is 4.22. The van der Waals surface area contributed by atoms with E-state index < -0.39 is 0 Å². The van der Waals surface area contributed by atoms with Gasteiger partial charge in [-0.1, -0.05) is 5.16 Å². The Labute approximate surface area is 179 Å². The summed E-state index contributed by atoms with van der Waals surface area (Å²) in [5, 5.41) is 10.3. The molecule has 29 heavy (non-hydrogen) atoms. The van der Waals surface area contributed by atoms with Crippen molar-refractivity contribution in [3.05, 3.63) is 33.1 Å². The highest BCUT2D eigenvalue weighted by Gasteiger charge is 2.41. The molecule has 1 atom stereocenters. The Balaban J connectivity index is 0.00000205. The van der Waals surface area contributed by atoms with Gasteiger partial charge in [-0.15, -0.1) is 23.7 Å². The molecule has 2 fully saturated rings. The number of piperidine rings is 1. The van der Waals surface area contributed by atoms with Crippen LogP contribution in [0.2, 0.25) is 0 Å². The zero-order valence-electron chi connectivity index (χ0n) is 16.1. The van der Waals surface area contributed by atoms with E-state index in [-0.39, 0.29) is 36.6 Å². The molecule has 3 aliphatic heterocycles. The van der Waals surface area contributed by atoms with Gasteiger partial charge < -0.3 is 24.6 Å². The number of nitrogens with one attached hydrogen (secondary N) is 2. The van der Waals surface area contributed by atoms with Gasteiger partial charge in [-0.05, 0) is 56.8 Å². The zero-order chi connectivity index (χ0) is 19.0. The number of hydrogen-bond acceptors (Lipinski definition) is 8. The molecular weight excluding hydrogens is 416 g/mol. The molecule has 0 saturated carbocycles. The van der Waals surface area contributed by atoms with Gasteiger partial charge in [0.1, 0.15) is 11.7 Å². The Kier molecular flexibility index (Phi) is 6.21. The fraction of sp³-hybridized carbons (Fsp3) is 0.632. The monoisotopic (exact) mass is 440 g/mol. The van der Waals surface area contributed by atoms with Crippen LogP contribution in [-0.4, -0.2) is 42.4 Å². The third-order valence-electron chi connectivity index (χ3n) is 5.70. The number of carbonyl (C=O) groups excluding carboxylic acids is 1. The highest BCUT2D eigenvalue weighted by molar-refractivity contribution is 7.14. The molecule has 3 aliphatic rings. The topological polar surface area (TPSA) is 98.5 Å². The first-order chi connectivity index (χ1) is 13.7. The molecule has 158 valence electrons. The first-order valence-electron chi connectivity index (χ1n) is 9.94. The predicted molar refractivity (Wildman–Crippen MR) is 108 cm³/mol. The number of rotatable bonds is 4. The Hall–Kier alpha value is -1.52. The minimum atomic E-state index is -0.216. The molecule has 1 amide bonds. The maximum absolute atomic E-state index is 12.7. The third-order valence-corrected chi connectivity index (χ3v) is 7.07. The van der Waals surface area contributed by atoms with E-state index in [1.165, 1.54) is 10.4 Å². The Bertz CT molecular complexity index is 858. The Morgan fingerprint density at radius 2 is 2.21 bits per heavy atom. The molecule has 5 heterocycles. The summed E-state index contributed by atoms with van der Waals surface area (Å²) in [5.41, 5.74) is 1.04. The van der Waals surface area contributed by atoms with E-state index in [1.807, 2.05) is 6.07 Å². The summed E-state index contributed by atoms with van der Waals surface area (Å²) in [5.74, 6) is 0.864. The SMILES string of the molecule is Cl.O=C(NCc1noc(C2CCCO2)n1)c1cc2c(s1)C1(CCNCC1)OCC2. The molecule has 0 aliphatic carbocycles. The number of amides is 1. The standard InChI is InChI=1S/C19H24N4O4S.ClH/c24-17(21-11-15-22-18(27-23-15)13-2-1-8-25-13)14-10-12-3-9-26-19(16(12)28-14)4-6-20-7-5-19;/h10,13,20H,1-9,11H2,(H,21,24);1H. The lowest BCUT2D eigenvalue weighted by molar-refractivity contribution is -0.0771. The summed E-state index contributed by atoms with van der Waals surface area (Å²) >= 11 is 1.56. The predicted octanol–water partition coefficient (Wildman–Crippen LogP) is 2.49. The van der Waals surface area contributed by atoms with Crippen molar-refractivity contribution >= 4 is 29.7 Å². The number of halogens is 1. The minimum absolute atomic E-state index is 0. The summed E-state index contributed by atoms with van der Waals surface area (Å²) in [4.78, 5) is 19.0. The van der Waals surface area contributed by atoms with Crippen LogP contribution in [0.25, 0.3) is 0 Å². The average molecular weight is 441 g/mol. The van der Waals surface area contributed by atoms with Gasteiger partial charge >= 0.3 is 0 Å². The van der Waals surface area contributed by atoms with E-state index in [9.17, 15) is 4.79 Å². The van der Waals surface area contributed by atoms with Gasteiger partial charge in [-0.25, -0.2) is 0 Å². The van der Waals surface area contributed by atoms with Gasteiger partial charge in [0.25, 0.3) is 11.8 Å². The van der Waals surface area contributed by atoms with Crippen LogP contribution in [0.1, 0.15) is 63.6 Å². The Morgan fingerprint density at radius 1 is 1.34 bits per heavy atom. The molecule has 0 aromatic carbocycles. The van der Waals surface area contributed by atoms with Crippen LogP contribution >= 0.6 is 23.7 Å². The van der Waals surface area contributed by atoms with Crippen LogP contribution in [0.3, 0.4) is 0 Å². The molecule has 2 N–H and O–H groups in total. The van der Waals surface area contributed by atoms with Crippen molar-refractivity contribution < 1.29 is 18.8 Å². The molecule has 0 radical (unpaired) electrons. The smallest absolute Gasteiger partial charge is 0.261 e. The summed E-state index contributed by atoms with van der Waals surface area (Å²) in [7, 11) is 0. The third kappa shape index (κ3) is 4.06. The number of aromatic nitrogens is 2. The van der Waals surface area contributed by atoms with Crippen LogP contribution in [0.15, 0.2) is 10.6 Å². The van der Waals surface area contributed by atoms with Gasteiger partial charge in [0.15, 0.2) is 5.82 Å². The maximum atomic E-state index is 12.7. The van der Waals surface area contributed by atoms with Gasteiger partial charge in [0, 0.05) is 11.5 Å². The number of carbonyl (C=O) groups is 1. The van der Waals surface area contributed by atoms with Crippen molar-refractivity contribution in [2.75, 3.05) is 26.3 Å². The summed E-state index contributed by atoms with van der Waals surface area (Å²) in [6.45, 7) is 3.58. The molecule has 10 heteroatoms. The molecule has 2 saturated heterocycles. The number of hydrogen-bond donors (Lipinski definition) is 2. The van der Waals surface area contributed by atoms with Crippen LogP contribution in [-0.2, 0) is 28.0 Å². The van der Waals surface area contributed by atoms with Crippen molar-refractivity contribution in [2.24, 2.45) is 0 Å². The second-order valence-corrected chi connectivity index (χ2v) is 8.59. The second kappa shape index (κ2) is 8.69. The first-order valence-corrected chi connectivity index (χ1v) is 10.8. The average Bonchev–Trinajstić information content (AvgIpc) is 3.47. The second-order valence-electron chi connectivity index (χ2n) is 7.54. The molecule has 5 rings (SSSR count). The fourth-order valence-corrected chi connectivity index (χ4v) is 5.55. The maximum Gasteiger partial charge on any atom is 0.261 e. The van der Waals surface area contributed by atoms with Crippen LogP contribution in [0.4, 0.5) is 0 Å². The van der Waals surface area contributed by atoms with Gasteiger partial charge in [-0.2, -0.15) is 4.98 Å². The quantitative estimate of drug-likeness (QED) is 0.753. The summed E-state index contributed by atoms with van der Waals surface area (Å²) < 4.78 is 17.0. The van der Waals surface area contributed by atoms with Crippen molar-refractivity contribution in [3.8, 4) is 0 Å². The molecule has 2 aromatic rings. The highest BCUT2D eigenvalue weighted by atomic mass is 35.5. The van der Waals surface area contributed by atoms with E-state index >= 15 is 0 Å². The lowest BCUT2D eigenvalue weighted by Crippen LogP contribution is -2.43. The van der Waals surface area contributed by atoms with Crippen LogP contribution < -0.4 is 10.6 Å². The summed E-state index contributed by atoms with van der Waals surface area (Å²) in [6.07, 6.45) is 4.57. The van der Waals surface area contributed by atoms with Gasteiger partial charge in [-0.3, -0.25) is 4.79 Å². The molecule has 2 aromatic heterocycles. The highest BCUT2D eigenvalue weighted by Crippen LogP contribution is 2.44. The van der Waals surface area contributed by atoms with E-state index in [4.69, 9.17) is 14.0 Å². The molecule has 8 nitrogen and oxygen atoms in total. The van der Waals surface area contributed by atoms with Crippen LogP contribution in [0, 0.1) is 0 Å². The number of fused-ring (bicyclic) bond motifs is 2. The van der Waals surface area contributed by atoms with Crippen LogP contribution in [0.5, 0.6) is 0 Å². The normalized spacial score (nSPS) is 22.8. The lowest BCUT2D eigenvalue weighted by Gasteiger charge is -2.40. The van der Waals surface area contributed by atoms with Gasteiger partial charge in [0.2, 0.25) is 0 Å². The van der Waals surface area contributed by atoms with E-state index in [1.54, 1.807) is 11.3 Å². The lowest BCUT2D eigenvalue weighted by atomic mass is 9.86. The Morgan fingerprint density at radius 3 is 3.00 bits per heavy atom. The van der Waals surface area contributed by atoms with E-state index in [0.717, 1.165) is 63.3 Å². The number of ether oxygens (including phenoxy) is 2. The molecule has 1 spiro atoms. The van der Waals surface area contributed by atoms with Crippen molar-refractivity contribution in [1.82, 2.24) is 20.8 Å². The number of nitrogens with zero attached hydrogens (tertiary/aromatic N) is 2. The van der Waals surface area contributed by atoms with Crippen molar-refractivity contribution in [2.45, 2.75) is 50.4 Å². The van der Waals surface area contributed by atoms with Crippen molar-refractivity contribution in [3.63, 3.8) is 0 Å². The molecular formula is C19H25ClN4O4S. The van der Waals surface area contributed by atoms with Gasteiger partial charge in [0.05, 0.1) is 18.0 Å². The largest absolute Gasteiger partial charge is 0.369 e. The first kappa shape index (κ1) is 20.7.